The molecule has 26 heavy (non-hydrogen) atoms. The summed E-state index contributed by atoms with van der Waals surface area (Å²) in [6.45, 7) is 5.97. The van der Waals surface area contributed by atoms with Gasteiger partial charge in [0, 0.05) is 37.0 Å². The van der Waals surface area contributed by atoms with Crippen molar-refractivity contribution >= 4 is 5.96 Å². The molecule has 1 aromatic carbocycles. The Kier molecular flexibility index (Phi) is 5.80. The molecule has 0 amide bonds. The molecule has 0 spiro atoms. The standard InChI is InChI=1S/C18H24F2N6/c1-3-16-25-23-11-26(16)9-8-22-18(21-4-2)24-15-10-12(15)17-13(19)6-5-7-14(17)20/h5-7,11-12,15H,3-4,8-10H2,1-2H3,(H2,21,22,24). The van der Waals surface area contributed by atoms with E-state index in [2.05, 4.69) is 25.8 Å². The molecular weight excluding hydrogens is 338 g/mol. The van der Waals surface area contributed by atoms with E-state index in [-0.39, 0.29) is 17.5 Å². The molecule has 1 aromatic heterocycles. The number of aryl methyl sites for hydroxylation is 1. The predicted octanol–water partition coefficient (Wildman–Crippen LogP) is 2.23. The molecule has 1 saturated carbocycles. The summed E-state index contributed by atoms with van der Waals surface area (Å²) in [5.41, 5.74) is 0.165. The average molecular weight is 362 g/mol. The fourth-order valence-corrected chi connectivity index (χ4v) is 3.04. The highest BCUT2D eigenvalue weighted by atomic mass is 19.1. The van der Waals surface area contributed by atoms with Crippen molar-refractivity contribution < 1.29 is 8.78 Å². The number of rotatable bonds is 7. The van der Waals surface area contributed by atoms with Gasteiger partial charge in [-0.05, 0) is 25.5 Å². The van der Waals surface area contributed by atoms with Crippen molar-refractivity contribution in [1.29, 1.82) is 0 Å². The molecule has 1 heterocycles. The third-order valence-electron chi connectivity index (χ3n) is 4.45. The maximum atomic E-state index is 13.9. The lowest BCUT2D eigenvalue weighted by molar-refractivity contribution is 0.553. The molecule has 2 N–H and O–H groups in total. The maximum absolute atomic E-state index is 13.9. The first kappa shape index (κ1) is 18.3. The molecule has 6 nitrogen and oxygen atoms in total. The van der Waals surface area contributed by atoms with Crippen LogP contribution in [0.15, 0.2) is 29.5 Å². The number of guanidine groups is 1. The second-order valence-electron chi connectivity index (χ2n) is 6.28. The van der Waals surface area contributed by atoms with Crippen LogP contribution in [-0.4, -0.2) is 39.9 Å². The van der Waals surface area contributed by atoms with Gasteiger partial charge in [0.25, 0.3) is 0 Å². The summed E-state index contributed by atoms with van der Waals surface area (Å²) < 4.78 is 29.8. The zero-order chi connectivity index (χ0) is 18.5. The zero-order valence-corrected chi connectivity index (χ0v) is 15.0. The van der Waals surface area contributed by atoms with Gasteiger partial charge in [0.15, 0.2) is 5.96 Å². The number of aromatic nitrogens is 3. The van der Waals surface area contributed by atoms with E-state index in [1.165, 1.54) is 18.2 Å². The summed E-state index contributed by atoms with van der Waals surface area (Å²) in [6, 6.07) is 3.98. The number of benzene rings is 1. The van der Waals surface area contributed by atoms with Crippen molar-refractivity contribution in [3.8, 4) is 0 Å². The molecule has 0 aliphatic heterocycles. The van der Waals surface area contributed by atoms with Crippen LogP contribution in [0.5, 0.6) is 0 Å². The monoisotopic (exact) mass is 362 g/mol. The second kappa shape index (κ2) is 8.25. The lowest BCUT2D eigenvalue weighted by atomic mass is 10.1. The van der Waals surface area contributed by atoms with E-state index in [1.54, 1.807) is 6.33 Å². The Hall–Kier alpha value is -2.51. The van der Waals surface area contributed by atoms with Crippen molar-refractivity contribution in [2.75, 3.05) is 13.1 Å². The minimum atomic E-state index is -0.485. The van der Waals surface area contributed by atoms with Crippen LogP contribution < -0.4 is 10.6 Å². The van der Waals surface area contributed by atoms with Crippen LogP contribution in [0.25, 0.3) is 0 Å². The Morgan fingerprint density at radius 2 is 2.08 bits per heavy atom. The Morgan fingerprint density at radius 3 is 2.77 bits per heavy atom. The number of nitrogens with one attached hydrogen (secondary N) is 2. The summed E-state index contributed by atoms with van der Waals surface area (Å²) in [5, 5.41) is 14.4. The molecule has 0 saturated heterocycles. The van der Waals surface area contributed by atoms with Crippen LogP contribution in [0, 0.1) is 11.6 Å². The summed E-state index contributed by atoms with van der Waals surface area (Å²) in [7, 11) is 0. The van der Waals surface area contributed by atoms with Crippen molar-refractivity contribution in [3.63, 3.8) is 0 Å². The fourth-order valence-electron chi connectivity index (χ4n) is 3.04. The summed E-state index contributed by atoms with van der Waals surface area (Å²) >= 11 is 0. The van der Waals surface area contributed by atoms with Gasteiger partial charge in [-0.25, -0.2) is 8.78 Å². The molecule has 8 heteroatoms. The first-order valence-electron chi connectivity index (χ1n) is 8.99. The summed E-state index contributed by atoms with van der Waals surface area (Å²) in [4.78, 5) is 4.55. The quantitative estimate of drug-likeness (QED) is 0.586. The minimum Gasteiger partial charge on any atom is -0.357 e. The minimum absolute atomic E-state index is 0.0136. The smallest absolute Gasteiger partial charge is 0.191 e. The number of aliphatic imine (C=N–C) groups is 1. The Labute approximate surface area is 151 Å². The van der Waals surface area contributed by atoms with Gasteiger partial charge in [-0.1, -0.05) is 13.0 Å². The molecule has 2 atom stereocenters. The molecule has 2 unspecified atom stereocenters. The third kappa shape index (κ3) is 4.17. The zero-order valence-electron chi connectivity index (χ0n) is 15.0. The SMILES string of the molecule is CCNC(=NCCn1cnnc1CC)NC1CC1c1c(F)cccc1F. The molecule has 1 fully saturated rings. The summed E-state index contributed by atoms with van der Waals surface area (Å²) in [5.74, 6) is 0.449. The largest absolute Gasteiger partial charge is 0.357 e. The van der Waals surface area contributed by atoms with Gasteiger partial charge in [0.1, 0.15) is 23.8 Å². The molecular formula is C18H24F2N6. The Bertz CT molecular complexity index is 753. The van der Waals surface area contributed by atoms with Gasteiger partial charge in [-0.3, -0.25) is 4.99 Å². The van der Waals surface area contributed by atoms with E-state index in [0.29, 0.717) is 32.0 Å². The van der Waals surface area contributed by atoms with E-state index >= 15 is 0 Å². The third-order valence-corrected chi connectivity index (χ3v) is 4.45. The van der Waals surface area contributed by atoms with Crippen molar-refractivity contribution in [1.82, 2.24) is 25.4 Å². The predicted molar refractivity (Wildman–Crippen MR) is 96.0 cm³/mol. The van der Waals surface area contributed by atoms with E-state index in [0.717, 1.165) is 12.2 Å². The highest BCUT2D eigenvalue weighted by Crippen LogP contribution is 2.42. The topological polar surface area (TPSA) is 67.1 Å². The van der Waals surface area contributed by atoms with Gasteiger partial charge >= 0.3 is 0 Å². The maximum Gasteiger partial charge on any atom is 0.191 e. The molecule has 0 bridgehead atoms. The molecule has 1 aliphatic carbocycles. The van der Waals surface area contributed by atoms with Gasteiger partial charge < -0.3 is 15.2 Å². The summed E-state index contributed by atoms with van der Waals surface area (Å²) in [6.07, 6.45) is 3.21. The molecule has 140 valence electrons. The lowest BCUT2D eigenvalue weighted by Gasteiger charge is -2.12. The van der Waals surface area contributed by atoms with E-state index in [1.807, 2.05) is 18.4 Å². The van der Waals surface area contributed by atoms with Crippen LogP contribution in [0.1, 0.15) is 37.6 Å². The molecule has 0 radical (unpaired) electrons. The van der Waals surface area contributed by atoms with E-state index < -0.39 is 11.6 Å². The Balaban J connectivity index is 1.59. The van der Waals surface area contributed by atoms with Gasteiger partial charge in [-0.15, -0.1) is 10.2 Å². The van der Waals surface area contributed by atoms with Crippen LogP contribution >= 0.6 is 0 Å². The number of halogens is 2. The number of nitrogens with zero attached hydrogens (tertiary/aromatic N) is 4. The van der Waals surface area contributed by atoms with Gasteiger partial charge in [0.05, 0.1) is 6.54 Å². The van der Waals surface area contributed by atoms with E-state index in [9.17, 15) is 8.78 Å². The van der Waals surface area contributed by atoms with Gasteiger partial charge in [0.2, 0.25) is 0 Å². The lowest BCUT2D eigenvalue weighted by Crippen LogP contribution is -2.39. The van der Waals surface area contributed by atoms with Crippen molar-refractivity contribution in [2.45, 2.75) is 45.2 Å². The first-order chi connectivity index (χ1) is 12.6. The average Bonchev–Trinajstić information content (AvgIpc) is 3.19. The Morgan fingerprint density at radius 1 is 1.31 bits per heavy atom. The second-order valence-corrected chi connectivity index (χ2v) is 6.28. The van der Waals surface area contributed by atoms with Crippen molar-refractivity contribution in [3.05, 3.63) is 47.5 Å². The number of hydrogen-bond acceptors (Lipinski definition) is 3. The molecule has 3 rings (SSSR count). The van der Waals surface area contributed by atoms with Crippen LogP contribution in [0.3, 0.4) is 0 Å². The molecule has 1 aliphatic rings. The van der Waals surface area contributed by atoms with Crippen molar-refractivity contribution in [2.24, 2.45) is 4.99 Å². The molecule has 2 aromatic rings. The fraction of sp³-hybridized carbons (Fsp3) is 0.500. The highest BCUT2D eigenvalue weighted by molar-refractivity contribution is 5.80. The van der Waals surface area contributed by atoms with E-state index in [4.69, 9.17) is 0 Å². The first-order valence-corrected chi connectivity index (χ1v) is 8.99. The normalized spacial score (nSPS) is 19.5. The van der Waals surface area contributed by atoms with Crippen LogP contribution in [0.2, 0.25) is 0 Å². The van der Waals surface area contributed by atoms with Crippen LogP contribution in [-0.2, 0) is 13.0 Å². The van der Waals surface area contributed by atoms with Crippen LogP contribution in [0.4, 0.5) is 8.78 Å². The highest BCUT2D eigenvalue weighted by Gasteiger charge is 2.42. The van der Waals surface area contributed by atoms with Gasteiger partial charge in [-0.2, -0.15) is 0 Å². The number of hydrogen-bond donors (Lipinski definition) is 2.